The Hall–Kier alpha value is -3.34. The van der Waals surface area contributed by atoms with Gasteiger partial charge in [-0.2, -0.15) is 26.3 Å². The second-order valence-corrected chi connectivity index (χ2v) is 7.84. The van der Waals surface area contributed by atoms with Gasteiger partial charge >= 0.3 is 18.3 Å². The molecule has 4 rings (SSSR count). The highest BCUT2D eigenvalue weighted by atomic mass is 19.4. The number of alkyl halides is 6. The van der Waals surface area contributed by atoms with Gasteiger partial charge in [0.15, 0.2) is 5.75 Å². The standard InChI is InChI=1S/C22H15F6NO4/c23-21(24,25)20(33,22(26,27)28)13-8-4-7-12-14(18(31)32)16(30)17(29-15(12)13)19(9-10-19)11-5-2-1-3-6-11/h1-8,30,33H,9-10H2,(H,31,32). The average molecular weight is 471 g/mol. The molecule has 0 unspecified atom stereocenters. The lowest BCUT2D eigenvalue weighted by Crippen LogP contribution is -2.54. The number of aromatic hydroxyl groups is 1. The molecule has 1 saturated carbocycles. The van der Waals surface area contributed by atoms with Gasteiger partial charge in [-0.3, -0.25) is 0 Å². The number of carboxylic acid groups (broad SMARTS) is 1. The van der Waals surface area contributed by atoms with Gasteiger partial charge in [0.1, 0.15) is 5.56 Å². The third-order valence-corrected chi connectivity index (χ3v) is 5.94. The second kappa shape index (κ2) is 7.08. The van der Waals surface area contributed by atoms with Crippen LogP contribution in [-0.2, 0) is 11.0 Å². The molecule has 174 valence electrons. The van der Waals surface area contributed by atoms with E-state index in [1.54, 1.807) is 30.3 Å². The number of aromatic carboxylic acids is 1. The molecule has 5 nitrogen and oxygen atoms in total. The molecule has 0 spiro atoms. The second-order valence-electron chi connectivity index (χ2n) is 7.84. The monoisotopic (exact) mass is 471 g/mol. The molecule has 3 N–H and O–H groups in total. The maximum Gasteiger partial charge on any atom is 0.430 e. The molecule has 0 atom stereocenters. The minimum atomic E-state index is -6.20. The smallest absolute Gasteiger partial charge is 0.430 e. The van der Waals surface area contributed by atoms with E-state index in [1.807, 2.05) is 0 Å². The summed E-state index contributed by atoms with van der Waals surface area (Å²) >= 11 is 0. The molecule has 0 radical (unpaired) electrons. The van der Waals surface area contributed by atoms with E-state index < -0.39 is 57.1 Å². The Bertz CT molecular complexity index is 1240. The predicted molar refractivity (Wildman–Crippen MR) is 103 cm³/mol. The Morgan fingerprint density at radius 3 is 1.97 bits per heavy atom. The number of pyridine rings is 1. The Morgan fingerprint density at radius 1 is 0.909 bits per heavy atom. The molecule has 1 aromatic heterocycles. The minimum absolute atomic E-state index is 0.327. The summed E-state index contributed by atoms with van der Waals surface area (Å²) in [6, 6.07) is 10.3. The van der Waals surface area contributed by atoms with Gasteiger partial charge in [0.2, 0.25) is 0 Å². The first kappa shape index (κ1) is 22.8. The van der Waals surface area contributed by atoms with E-state index in [1.165, 1.54) is 0 Å². The van der Waals surface area contributed by atoms with Crippen molar-refractivity contribution in [2.75, 3.05) is 0 Å². The SMILES string of the molecule is O=C(O)c1c(O)c(C2(c3ccccc3)CC2)nc2c(C(O)(C(F)(F)F)C(F)(F)F)cccc12. The summed E-state index contributed by atoms with van der Waals surface area (Å²) in [7, 11) is 0. The zero-order valence-electron chi connectivity index (χ0n) is 16.5. The first-order valence-electron chi connectivity index (χ1n) is 9.57. The summed E-state index contributed by atoms with van der Waals surface area (Å²) in [4.78, 5) is 15.9. The molecule has 0 aliphatic heterocycles. The summed E-state index contributed by atoms with van der Waals surface area (Å²) < 4.78 is 81.6. The number of rotatable bonds is 4. The number of halogens is 6. The van der Waals surface area contributed by atoms with Gasteiger partial charge in [-0.05, 0) is 18.4 Å². The van der Waals surface area contributed by atoms with Crippen LogP contribution in [0.3, 0.4) is 0 Å². The Kier molecular flexibility index (Phi) is 4.90. The molecular formula is C22H15F6NO4. The highest BCUT2D eigenvalue weighted by Crippen LogP contribution is 2.57. The number of carbonyl (C=O) groups is 1. The van der Waals surface area contributed by atoms with E-state index in [0.717, 1.165) is 12.1 Å². The van der Waals surface area contributed by atoms with Crippen LogP contribution in [0.4, 0.5) is 26.3 Å². The van der Waals surface area contributed by atoms with E-state index in [2.05, 4.69) is 4.98 Å². The summed E-state index contributed by atoms with van der Waals surface area (Å²) in [5, 5.41) is 29.7. The number of nitrogens with zero attached hydrogens (tertiary/aromatic N) is 1. The third-order valence-electron chi connectivity index (χ3n) is 5.94. The third kappa shape index (κ3) is 3.21. The Morgan fingerprint density at radius 2 is 1.48 bits per heavy atom. The number of benzene rings is 2. The van der Waals surface area contributed by atoms with Crippen molar-refractivity contribution in [1.29, 1.82) is 0 Å². The van der Waals surface area contributed by atoms with E-state index >= 15 is 0 Å². The van der Waals surface area contributed by atoms with Gasteiger partial charge in [-0.1, -0.05) is 48.5 Å². The molecule has 0 amide bonds. The van der Waals surface area contributed by atoms with Crippen LogP contribution >= 0.6 is 0 Å². The van der Waals surface area contributed by atoms with Gasteiger partial charge in [-0.15, -0.1) is 0 Å². The molecule has 1 fully saturated rings. The van der Waals surface area contributed by atoms with Crippen LogP contribution in [0.1, 0.15) is 40.0 Å². The van der Waals surface area contributed by atoms with Gasteiger partial charge < -0.3 is 15.3 Å². The molecule has 1 aliphatic carbocycles. The lowest BCUT2D eigenvalue weighted by Gasteiger charge is -2.33. The Labute approximate surface area is 181 Å². The van der Waals surface area contributed by atoms with Crippen LogP contribution in [0, 0.1) is 0 Å². The molecule has 1 heterocycles. The normalized spacial score (nSPS) is 16.1. The summed E-state index contributed by atoms with van der Waals surface area (Å²) in [6.45, 7) is 0. The zero-order chi connectivity index (χ0) is 24.4. The van der Waals surface area contributed by atoms with E-state index in [0.29, 0.717) is 24.5 Å². The number of aliphatic hydroxyl groups is 1. The first-order chi connectivity index (χ1) is 15.3. The molecule has 33 heavy (non-hydrogen) atoms. The highest BCUT2D eigenvalue weighted by molar-refractivity contribution is 6.06. The lowest BCUT2D eigenvalue weighted by molar-refractivity contribution is -0.375. The van der Waals surface area contributed by atoms with Crippen molar-refractivity contribution in [3.63, 3.8) is 0 Å². The molecule has 0 saturated heterocycles. The van der Waals surface area contributed by atoms with Crippen molar-refractivity contribution < 1.29 is 46.5 Å². The van der Waals surface area contributed by atoms with Crippen molar-refractivity contribution in [2.45, 2.75) is 36.2 Å². The summed E-state index contributed by atoms with van der Waals surface area (Å²) in [6.07, 6.45) is -11.7. The molecule has 1 aliphatic rings. The number of fused-ring (bicyclic) bond motifs is 1. The first-order valence-corrected chi connectivity index (χ1v) is 9.57. The summed E-state index contributed by atoms with van der Waals surface area (Å²) in [5.41, 5.74) is -9.80. The van der Waals surface area contributed by atoms with Crippen molar-refractivity contribution >= 4 is 16.9 Å². The fourth-order valence-electron chi connectivity index (χ4n) is 4.13. The van der Waals surface area contributed by atoms with E-state index in [4.69, 9.17) is 0 Å². The largest absolute Gasteiger partial charge is 0.505 e. The van der Waals surface area contributed by atoms with Gasteiger partial charge in [0.05, 0.1) is 11.2 Å². The molecule has 0 bridgehead atoms. The van der Waals surface area contributed by atoms with E-state index in [9.17, 15) is 46.5 Å². The number of aromatic nitrogens is 1. The molecular weight excluding hydrogens is 456 g/mol. The molecule has 11 heteroatoms. The number of hydrogen-bond acceptors (Lipinski definition) is 4. The number of para-hydroxylation sites is 1. The van der Waals surface area contributed by atoms with Crippen LogP contribution in [-0.4, -0.2) is 38.6 Å². The number of hydrogen-bond donors (Lipinski definition) is 3. The van der Waals surface area contributed by atoms with Crippen LogP contribution in [0.2, 0.25) is 0 Å². The van der Waals surface area contributed by atoms with Gasteiger partial charge in [0, 0.05) is 16.4 Å². The lowest BCUT2D eigenvalue weighted by atomic mass is 9.86. The van der Waals surface area contributed by atoms with Crippen molar-refractivity contribution in [1.82, 2.24) is 4.98 Å². The highest BCUT2D eigenvalue weighted by Gasteiger charge is 2.72. The summed E-state index contributed by atoms with van der Waals surface area (Å²) in [5.74, 6) is -2.62. The van der Waals surface area contributed by atoms with Crippen LogP contribution < -0.4 is 0 Å². The maximum atomic E-state index is 13.6. The van der Waals surface area contributed by atoms with Crippen LogP contribution in [0.5, 0.6) is 5.75 Å². The fraction of sp³-hybridized carbons (Fsp3) is 0.273. The quantitative estimate of drug-likeness (QED) is 0.465. The van der Waals surface area contributed by atoms with Crippen molar-refractivity contribution in [3.05, 3.63) is 70.9 Å². The van der Waals surface area contributed by atoms with Crippen LogP contribution in [0.25, 0.3) is 10.9 Å². The molecule has 2 aromatic carbocycles. The Balaban J connectivity index is 2.13. The molecule has 3 aromatic rings. The topological polar surface area (TPSA) is 90.7 Å². The minimum Gasteiger partial charge on any atom is -0.505 e. The number of carboxylic acids is 1. The zero-order valence-corrected chi connectivity index (χ0v) is 16.5. The maximum absolute atomic E-state index is 13.6. The van der Waals surface area contributed by atoms with Crippen LogP contribution in [0.15, 0.2) is 48.5 Å². The van der Waals surface area contributed by atoms with E-state index in [-0.39, 0.29) is 5.69 Å². The fourth-order valence-corrected chi connectivity index (χ4v) is 4.13. The van der Waals surface area contributed by atoms with Crippen molar-refractivity contribution in [3.8, 4) is 5.75 Å². The predicted octanol–water partition coefficient (Wildman–Crippen LogP) is 5.03. The van der Waals surface area contributed by atoms with Crippen molar-refractivity contribution in [2.24, 2.45) is 0 Å². The van der Waals surface area contributed by atoms with Gasteiger partial charge in [-0.25, -0.2) is 9.78 Å². The average Bonchev–Trinajstić information content (AvgIpc) is 3.52. The van der Waals surface area contributed by atoms with Gasteiger partial charge in [0.25, 0.3) is 5.60 Å².